The number of aromatic nitrogens is 5. The first-order valence-corrected chi connectivity index (χ1v) is 27.2. The summed E-state index contributed by atoms with van der Waals surface area (Å²) < 4.78 is 33.6. The zero-order valence-corrected chi connectivity index (χ0v) is 44.2. The molecule has 6 atom stereocenters. The van der Waals surface area contributed by atoms with Crippen molar-refractivity contribution in [1.29, 1.82) is 0 Å². The lowest BCUT2D eigenvalue weighted by molar-refractivity contribution is -0.141. The number of benzene rings is 2. The number of β-amino-alcohol motifs (C(OH)–C–C–N with tert-alkyl or cyclic N) is 1. The number of fused-ring (bicyclic) bond motifs is 4. The van der Waals surface area contributed by atoms with Crippen molar-refractivity contribution in [3.63, 3.8) is 0 Å². The van der Waals surface area contributed by atoms with Gasteiger partial charge in [0, 0.05) is 101 Å². The Kier molecular flexibility index (Phi) is 16.0. The Morgan fingerprint density at radius 3 is 2.39 bits per heavy atom. The standard InChI is InChI=1S/C55H67FN12O7S/c1-33(2)48(55(72)68-31-41(69)26-45(68)53(71)60-34(3)37-10-12-38(13-11-37)51-35(4)59-32-76-51)50-49(56)54(63-75-50)74-24-22-65-19-17-64(18-20-65)21-23-73-47-25-39(15-16-58-47)67-29-36-9-14-40(67)30-66(28-36)44-27-43(61-62-52(44)57)42-7-5-6-8-46(42)70/h5-8,10-13,15-16,25,27,32-34,36,40-41,45,48,69-70H,9,14,17-24,26,28-31H2,1-4H3,(H2,57,62)(H,60,71)/t34-,36?,40?,41+,45-,48+/m0/s1. The van der Waals surface area contributed by atoms with Crippen molar-refractivity contribution in [2.45, 2.75) is 77.1 Å². The van der Waals surface area contributed by atoms with Crippen LogP contribution in [-0.2, 0) is 9.59 Å². The lowest BCUT2D eigenvalue weighted by Gasteiger charge is -2.38. The minimum absolute atomic E-state index is 0.0527. The van der Waals surface area contributed by atoms with E-state index in [-0.39, 0.29) is 49.0 Å². The normalized spacial score (nSPS) is 21.0. The van der Waals surface area contributed by atoms with E-state index in [1.165, 1.54) is 4.90 Å². The monoisotopic (exact) mass is 1060 g/mol. The van der Waals surface area contributed by atoms with Crippen LogP contribution < -0.4 is 30.3 Å². The number of carbonyl (C=O) groups is 2. The number of para-hydroxylation sites is 1. The largest absolute Gasteiger partial charge is 0.507 e. The molecule has 5 aliphatic heterocycles. The first-order valence-electron chi connectivity index (χ1n) is 26.3. The fourth-order valence-corrected chi connectivity index (χ4v) is 12.0. The number of aryl methyl sites for hydroxylation is 1. The molecule has 0 spiro atoms. The minimum Gasteiger partial charge on any atom is -0.507 e. The molecule has 0 saturated carbocycles. The molecule has 5 fully saturated rings. The molecule has 9 heterocycles. The summed E-state index contributed by atoms with van der Waals surface area (Å²) in [4.78, 5) is 48.7. The predicted molar refractivity (Wildman–Crippen MR) is 287 cm³/mol. The second-order valence-electron chi connectivity index (χ2n) is 20.8. The lowest BCUT2D eigenvalue weighted by Crippen LogP contribution is -2.48. The number of ether oxygens (including phenoxy) is 2. The summed E-state index contributed by atoms with van der Waals surface area (Å²) in [5, 5.41) is 36.7. The molecule has 2 bridgehead atoms. The van der Waals surface area contributed by atoms with Gasteiger partial charge in [0.15, 0.2) is 11.6 Å². The first-order chi connectivity index (χ1) is 36.8. The van der Waals surface area contributed by atoms with Crippen LogP contribution in [0, 0.1) is 24.6 Å². The second-order valence-corrected chi connectivity index (χ2v) is 21.7. The number of piperidine rings is 1. The number of aliphatic hydroxyl groups excluding tert-OH is 1. The summed E-state index contributed by atoms with van der Waals surface area (Å²) in [5.41, 5.74) is 14.2. The fourth-order valence-electron chi connectivity index (χ4n) is 11.1. The number of aromatic hydroxyl groups is 1. The maximum Gasteiger partial charge on any atom is 0.291 e. The topological polar surface area (TPSA) is 225 Å². The van der Waals surface area contributed by atoms with Gasteiger partial charge in [0.05, 0.1) is 39.6 Å². The van der Waals surface area contributed by atoms with Crippen LogP contribution in [0.2, 0.25) is 0 Å². The molecule has 2 unspecified atom stereocenters. The van der Waals surface area contributed by atoms with Gasteiger partial charge in [-0.1, -0.05) is 50.2 Å². The number of anilines is 3. The number of amides is 2. The number of nitrogens with two attached hydrogens (primary N) is 1. The van der Waals surface area contributed by atoms with Gasteiger partial charge >= 0.3 is 0 Å². The quantitative estimate of drug-likeness (QED) is 0.0758. The Morgan fingerprint density at radius 1 is 0.921 bits per heavy atom. The second kappa shape index (κ2) is 23.1. The number of nitrogens with one attached hydrogen (secondary N) is 1. The number of hydrogen-bond acceptors (Lipinski definition) is 18. The molecule has 5 aliphatic rings. The molecular weight excluding hydrogens is 992 g/mol. The number of carbonyl (C=O) groups excluding carboxylic acids is 2. The SMILES string of the molecule is Cc1ncsc1-c1ccc([C@H](C)NC(=O)[C@@H]2C[C@@H](O)CN2C(=O)[C@@H](c2onc(OCCN3CCN(CCOc4cc(N5CC6CCC5CN(c5cc(-c7ccccc7O)nnc5N)C6)ccn4)CC3)c2F)C(C)C)cc1. The number of halogens is 1. The summed E-state index contributed by atoms with van der Waals surface area (Å²) in [5.74, 6) is -2.37. The lowest BCUT2D eigenvalue weighted by atomic mass is 9.91. The fraction of sp³-hybridized carbons (Fsp3) is 0.473. The summed E-state index contributed by atoms with van der Waals surface area (Å²) in [6.07, 6.45) is 3.10. The summed E-state index contributed by atoms with van der Waals surface area (Å²) in [7, 11) is 0. The Balaban J connectivity index is 0.670. The number of pyridine rings is 1. The van der Waals surface area contributed by atoms with Gasteiger partial charge in [-0.3, -0.25) is 19.4 Å². The van der Waals surface area contributed by atoms with Crippen molar-refractivity contribution < 1.29 is 38.2 Å². The third-order valence-electron chi connectivity index (χ3n) is 15.3. The predicted octanol–water partition coefficient (Wildman–Crippen LogP) is 6.14. The van der Waals surface area contributed by atoms with Gasteiger partial charge in [0.25, 0.3) is 5.88 Å². The molecule has 11 rings (SSSR count). The Labute approximate surface area is 445 Å². The number of nitrogen functional groups attached to an aromatic ring is 1. The molecule has 76 heavy (non-hydrogen) atoms. The van der Waals surface area contributed by atoms with Gasteiger partial charge in [0.1, 0.15) is 30.9 Å². The zero-order chi connectivity index (χ0) is 53.0. The summed E-state index contributed by atoms with van der Waals surface area (Å²) in [6.45, 7) is 14.9. The molecule has 21 heteroatoms. The van der Waals surface area contributed by atoms with E-state index in [0.717, 1.165) is 98.3 Å². The third-order valence-corrected chi connectivity index (χ3v) is 16.3. The highest BCUT2D eigenvalue weighted by atomic mass is 32.1. The van der Waals surface area contributed by atoms with Crippen LogP contribution in [0.3, 0.4) is 0 Å². The first kappa shape index (κ1) is 52.5. The highest BCUT2D eigenvalue weighted by Crippen LogP contribution is 2.39. The van der Waals surface area contributed by atoms with Crippen molar-refractivity contribution >= 4 is 40.3 Å². The molecule has 0 aliphatic carbocycles. The Morgan fingerprint density at radius 2 is 1.67 bits per heavy atom. The zero-order valence-electron chi connectivity index (χ0n) is 43.4. The van der Waals surface area contributed by atoms with E-state index in [4.69, 9.17) is 19.7 Å². The molecule has 4 aromatic heterocycles. The van der Waals surface area contributed by atoms with E-state index in [1.54, 1.807) is 37.3 Å². The number of rotatable bonds is 18. The number of phenols is 1. The maximum absolute atomic E-state index is 16.1. The van der Waals surface area contributed by atoms with Crippen LogP contribution in [0.4, 0.5) is 21.6 Å². The van der Waals surface area contributed by atoms with Crippen LogP contribution in [-0.4, -0.2) is 159 Å². The molecule has 19 nitrogen and oxygen atoms in total. The molecular formula is C55H67FN12O7S. The van der Waals surface area contributed by atoms with Crippen LogP contribution in [0.5, 0.6) is 17.5 Å². The number of piperazine rings is 1. The van der Waals surface area contributed by atoms with Crippen molar-refractivity contribution in [2.75, 3.05) is 94.2 Å². The molecule has 6 aromatic rings. The number of nitrogens with zero attached hydrogens (tertiary/aromatic N) is 10. The molecule has 2 amide bonds. The Hall–Kier alpha value is -6.94. The van der Waals surface area contributed by atoms with Crippen molar-refractivity contribution in [3.05, 3.63) is 101 Å². The van der Waals surface area contributed by atoms with Crippen LogP contribution in [0.1, 0.15) is 69.0 Å². The molecule has 2 aromatic carbocycles. The minimum atomic E-state index is -1.10. The van der Waals surface area contributed by atoms with Gasteiger partial charge in [0.2, 0.25) is 23.5 Å². The smallest absolute Gasteiger partial charge is 0.291 e. The number of thiazole rings is 1. The van der Waals surface area contributed by atoms with Gasteiger partial charge < -0.3 is 50.0 Å². The summed E-state index contributed by atoms with van der Waals surface area (Å²) in [6, 6.07) is 19.9. The van der Waals surface area contributed by atoms with Crippen molar-refractivity contribution in [3.8, 4) is 39.2 Å². The summed E-state index contributed by atoms with van der Waals surface area (Å²) >= 11 is 1.57. The molecule has 0 radical (unpaired) electrons. The molecule has 5 N–H and O–H groups in total. The number of phenolic OH excluding ortho intramolecular Hbond substituents is 1. The number of hydrogen-bond donors (Lipinski definition) is 4. The van der Waals surface area contributed by atoms with Gasteiger partial charge in [-0.15, -0.1) is 21.5 Å². The van der Waals surface area contributed by atoms with Crippen LogP contribution >= 0.6 is 11.3 Å². The highest BCUT2D eigenvalue weighted by Gasteiger charge is 2.45. The van der Waals surface area contributed by atoms with Crippen molar-refractivity contribution in [1.82, 2.24) is 45.3 Å². The molecule has 5 saturated heterocycles. The van der Waals surface area contributed by atoms with Crippen molar-refractivity contribution in [2.24, 2.45) is 11.8 Å². The van der Waals surface area contributed by atoms with E-state index in [0.29, 0.717) is 42.0 Å². The number of likely N-dealkylation sites (tertiary alicyclic amines) is 1. The van der Waals surface area contributed by atoms with Crippen LogP contribution in [0.15, 0.2) is 83.0 Å². The van der Waals surface area contributed by atoms with E-state index in [1.807, 2.05) is 80.2 Å². The average molecular weight is 1060 g/mol. The van der Waals surface area contributed by atoms with Gasteiger partial charge in [-0.05, 0) is 79.1 Å². The van der Waals surface area contributed by atoms with E-state index in [2.05, 4.69) is 50.2 Å². The van der Waals surface area contributed by atoms with Crippen LogP contribution in [0.25, 0.3) is 21.7 Å². The van der Waals surface area contributed by atoms with Gasteiger partial charge in [-0.2, -0.15) is 4.39 Å². The van der Waals surface area contributed by atoms with E-state index >= 15 is 4.39 Å². The van der Waals surface area contributed by atoms with E-state index in [9.17, 15) is 19.8 Å². The average Bonchev–Trinajstić information content (AvgIpc) is 4.06. The highest BCUT2D eigenvalue weighted by molar-refractivity contribution is 7.13. The number of aliphatic hydroxyl groups is 1. The third kappa shape index (κ3) is 11.6. The van der Waals surface area contributed by atoms with Gasteiger partial charge in [-0.25, -0.2) is 9.97 Å². The molecule has 402 valence electrons. The van der Waals surface area contributed by atoms with E-state index < -0.39 is 41.6 Å². The maximum atomic E-state index is 16.1. The Bertz CT molecular complexity index is 2970.